The number of carbonyl (C=O) groups is 3. The van der Waals surface area contributed by atoms with E-state index in [1.54, 1.807) is 17.0 Å². The molecule has 2 amide bonds. The first kappa shape index (κ1) is 20.6. The predicted molar refractivity (Wildman–Crippen MR) is 112 cm³/mol. The van der Waals surface area contributed by atoms with Crippen molar-refractivity contribution >= 4 is 34.1 Å². The van der Waals surface area contributed by atoms with Gasteiger partial charge < -0.3 is 19.4 Å². The van der Waals surface area contributed by atoms with Gasteiger partial charge in [0.05, 0.1) is 25.5 Å². The summed E-state index contributed by atoms with van der Waals surface area (Å²) in [4.78, 5) is 42.2. The SMILES string of the molecule is COC(=O)c1c(NC(=O)CN2CCN(C(=O)c3ccco3)CC2)sc2c1CCCC2. The van der Waals surface area contributed by atoms with Crippen LogP contribution in [-0.4, -0.2) is 67.4 Å². The van der Waals surface area contributed by atoms with E-state index in [0.717, 1.165) is 31.2 Å². The Balaban J connectivity index is 1.35. The molecule has 0 atom stereocenters. The summed E-state index contributed by atoms with van der Waals surface area (Å²) in [5, 5.41) is 3.52. The molecule has 0 saturated carbocycles. The molecule has 9 heteroatoms. The van der Waals surface area contributed by atoms with Gasteiger partial charge in [0.25, 0.3) is 5.91 Å². The molecule has 30 heavy (non-hydrogen) atoms. The molecule has 2 aromatic rings. The zero-order chi connectivity index (χ0) is 21.1. The van der Waals surface area contributed by atoms with Crippen LogP contribution in [0.3, 0.4) is 0 Å². The molecule has 0 unspecified atom stereocenters. The van der Waals surface area contributed by atoms with Crippen molar-refractivity contribution in [1.29, 1.82) is 0 Å². The van der Waals surface area contributed by atoms with Gasteiger partial charge in [-0.15, -0.1) is 11.3 Å². The second-order valence-electron chi connectivity index (χ2n) is 7.50. The number of rotatable bonds is 5. The number of furan rings is 1. The number of anilines is 1. The molecule has 0 aromatic carbocycles. The van der Waals surface area contributed by atoms with E-state index in [1.165, 1.54) is 29.6 Å². The van der Waals surface area contributed by atoms with E-state index >= 15 is 0 Å². The highest BCUT2D eigenvalue weighted by molar-refractivity contribution is 7.17. The Kier molecular flexibility index (Phi) is 6.19. The van der Waals surface area contributed by atoms with Gasteiger partial charge in [-0.1, -0.05) is 0 Å². The number of aryl methyl sites for hydroxylation is 1. The minimum absolute atomic E-state index is 0.129. The molecule has 1 saturated heterocycles. The van der Waals surface area contributed by atoms with Crippen LogP contribution in [0.2, 0.25) is 0 Å². The van der Waals surface area contributed by atoms with Crippen LogP contribution in [0.5, 0.6) is 0 Å². The number of hydrogen-bond donors (Lipinski definition) is 1. The van der Waals surface area contributed by atoms with E-state index < -0.39 is 5.97 Å². The van der Waals surface area contributed by atoms with Crippen LogP contribution < -0.4 is 5.32 Å². The van der Waals surface area contributed by atoms with Crippen molar-refractivity contribution < 1.29 is 23.5 Å². The maximum Gasteiger partial charge on any atom is 0.341 e. The first-order valence-electron chi connectivity index (χ1n) is 10.1. The van der Waals surface area contributed by atoms with Crippen molar-refractivity contribution in [2.75, 3.05) is 45.2 Å². The smallest absolute Gasteiger partial charge is 0.341 e. The number of ether oxygens (including phenoxy) is 1. The van der Waals surface area contributed by atoms with Crippen LogP contribution in [0, 0.1) is 0 Å². The van der Waals surface area contributed by atoms with Crippen molar-refractivity contribution in [3.8, 4) is 0 Å². The number of piperazine rings is 1. The number of carbonyl (C=O) groups excluding carboxylic acids is 3. The van der Waals surface area contributed by atoms with E-state index in [0.29, 0.717) is 42.5 Å². The first-order chi connectivity index (χ1) is 14.6. The largest absolute Gasteiger partial charge is 0.465 e. The average Bonchev–Trinajstić information content (AvgIpc) is 3.41. The number of nitrogens with one attached hydrogen (secondary N) is 1. The zero-order valence-electron chi connectivity index (χ0n) is 16.9. The van der Waals surface area contributed by atoms with Crippen LogP contribution >= 0.6 is 11.3 Å². The molecule has 1 aliphatic heterocycles. The van der Waals surface area contributed by atoms with Gasteiger partial charge >= 0.3 is 5.97 Å². The fraction of sp³-hybridized carbons (Fsp3) is 0.476. The molecular weight excluding hydrogens is 406 g/mol. The summed E-state index contributed by atoms with van der Waals surface area (Å²) in [6.07, 6.45) is 5.41. The summed E-state index contributed by atoms with van der Waals surface area (Å²) in [5.41, 5.74) is 1.54. The van der Waals surface area contributed by atoms with E-state index in [9.17, 15) is 14.4 Å². The zero-order valence-corrected chi connectivity index (χ0v) is 17.8. The number of thiophene rings is 1. The van der Waals surface area contributed by atoms with Crippen LogP contribution in [0.25, 0.3) is 0 Å². The maximum absolute atomic E-state index is 12.7. The van der Waals surface area contributed by atoms with Crippen molar-refractivity contribution in [2.45, 2.75) is 25.7 Å². The molecule has 0 spiro atoms. The third-order valence-electron chi connectivity index (χ3n) is 5.57. The third-order valence-corrected chi connectivity index (χ3v) is 6.78. The molecular formula is C21H25N3O5S. The molecule has 1 N–H and O–H groups in total. The monoisotopic (exact) mass is 431 g/mol. The Labute approximate surface area is 178 Å². The van der Waals surface area contributed by atoms with Crippen molar-refractivity contribution in [3.05, 3.63) is 40.2 Å². The van der Waals surface area contributed by atoms with Crippen LogP contribution in [0.15, 0.2) is 22.8 Å². The van der Waals surface area contributed by atoms with Crippen molar-refractivity contribution in [3.63, 3.8) is 0 Å². The summed E-state index contributed by atoms with van der Waals surface area (Å²) in [5.74, 6) is -0.353. The van der Waals surface area contributed by atoms with Crippen molar-refractivity contribution in [2.24, 2.45) is 0 Å². The summed E-state index contributed by atoms with van der Waals surface area (Å²) in [7, 11) is 1.37. The normalized spacial score (nSPS) is 16.8. The molecule has 0 radical (unpaired) electrons. The molecule has 3 heterocycles. The van der Waals surface area contributed by atoms with Gasteiger partial charge in [0.15, 0.2) is 5.76 Å². The lowest BCUT2D eigenvalue weighted by atomic mass is 9.95. The Morgan fingerprint density at radius 1 is 1.17 bits per heavy atom. The van der Waals surface area contributed by atoms with Gasteiger partial charge in [-0.3, -0.25) is 14.5 Å². The van der Waals surface area contributed by atoms with Crippen LogP contribution in [0.4, 0.5) is 5.00 Å². The fourth-order valence-electron chi connectivity index (χ4n) is 4.01. The number of hydrogen-bond acceptors (Lipinski definition) is 7. The quantitative estimate of drug-likeness (QED) is 0.731. The molecule has 1 aliphatic carbocycles. The summed E-state index contributed by atoms with van der Waals surface area (Å²) in [6.45, 7) is 2.49. The molecule has 1 fully saturated rings. The topological polar surface area (TPSA) is 92.1 Å². The second kappa shape index (κ2) is 9.01. The number of methoxy groups -OCH3 is 1. The molecule has 8 nitrogen and oxygen atoms in total. The van der Waals surface area contributed by atoms with Crippen LogP contribution in [-0.2, 0) is 22.4 Å². The third kappa shape index (κ3) is 4.27. The second-order valence-corrected chi connectivity index (χ2v) is 8.61. The number of fused-ring (bicyclic) bond motifs is 1. The Morgan fingerprint density at radius 2 is 1.93 bits per heavy atom. The summed E-state index contributed by atoms with van der Waals surface area (Å²) < 4.78 is 10.1. The standard InChI is InChI=1S/C21H25N3O5S/c1-28-21(27)18-14-5-2-3-7-16(14)30-19(18)22-17(25)13-23-8-10-24(11-9-23)20(26)15-6-4-12-29-15/h4,6,12H,2-3,5,7-11,13H2,1H3,(H,22,25). The lowest BCUT2D eigenvalue weighted by Gasteiger charge is -2.33. The molecule has 0 bridgehead atoms. The number of esters is 1. The molecule has 160 valence electrons. The highest BCUT2D eigenvalue weighted by Gasteiger charge is 2.28. The Hall–Kier alpha value is -2.65. The maximum atomic E-state index is 12.7. The van der Waals surface area contributed by atoms with Gasteiger partial charge in [0.2, 0.25) is 5.91 Å². The lowest BCUT2D eigenvalue weighted by molar-refractivity contribution is -0.117. The van der Waals surface area contributed by atoms with Gasteiger partial charge in [-0.25, -0.2) is 4.79 Å². The first-order valence-corrected chi connectivity index (χ1v) is 11.0. The fourth-order valence-corrected chi connectivity index (χ4v) is 5.30. The predicted octanol–water partition coefficient (Wildman–Crippen LogP) is 2.40. The van der Waals surface area contributed by atoms with E-state index in [2.05, 4.69) is 5.32 Å². The number of nitrogens with zero attached hydrogens (tertiary/aromatic N) is 2. The Morgan fingerprint density at radius 3 is 2.63 bits per heavy atom. The summed E-state index contributed by atoms with van der Waals surface area (Å²) in [6, 6.07) is 3.35. The highest BCUT2D eigenvalue weighted by Crippen LogP contribution is 2.38. The number of amides is 2. The molecule has 2 aromatic heterocycles. The van der Waals surface area contributed by atoms with E-state index in [4.69, 9.17) is 9.15 Å². The molecule has 4 rings (SSSR count). The average molecular weight is 432 g/mol. The molecule has 2 aliphatic rings. The van der Waals surface area contributed by atoms with E-state index in [-0.39, 0.29) is 18.4 Å². The van der Waals surface area contributed by atoms with Crippen LogP contribution in [0.1, 0.15) is 44.2 Å². The Bertz CT molecular complexity index is 929. The highest BCUT2D eigenvalue weighted by atomic mass is 32.1. The summed E-state index contributed by atoms with van der Waals surface area (Å²) >= 11 is 1.48. The van der Waals surface area contributed by atoms with E-state index in [1.807, 2.05) is 4.90 Å². The van der Waals surface area contributed by atoms with Gasteiger partial charge in [0.1, 0.15) is 5.00 Å². The van der Waals surface area contributed by atoms with Gasteiger partial charge in [-0.05, 0) is 43.4 Å². The van der Waals surface area contributed by atoms with Crippen molar-refractivity contribution in [1.82, 2.24) is 9.80 Å². The van der Waals surface area contributed by atoms with Gasteiger partial charge in [-0.2, -0.15) is 0 Å². The minimum atomic E-state index is -0.394. The lowest BCUT2D eigenvalue weighted by Crippen LogP contribution is -2.50. The van der Waals surface area contributed by atoms with Gasteiger partial charge in [0, 0.05) is 31.1 Å². The minimum Gasteiger partial charge on any atom is -0.465 e.